The molecule has 1 atom stereocenters. The molecule has 0 bridgehead atoms. The maximum atomic E-state index is 14.8. The number of thiophene rings is 1. The molecular weight excluding hydrogens is 453 g/mol. The molecule has 2 N–H and O–H groups in total. The van der Waals surface area contributed by atoms with Crippen LogP contribution in [0.15, 0.2) is 29.3 Å². The number of aliphatic hydroxyl groups is 1. The minimum absolute atomic E-state index is 0.0125. The van der Waals surface area contributed by atoms with Crippen LogP contribution in [0.4, 0.5) is 4.39 Å². The number of hydrogen-bond donors (Lipinski definition) is 2. The van der Waals surface area contributed by atoms with Crippen LogP contribution in [0.25, 0.3) is 10.9 Å². The molecule has 2 aromatic heterocycles. The number of ether oxygens (including phenoxy) is 1. The Morgan fingerprint density at radius 1 is 1.31 bits per heavy atom. The van der Waals surface area contributed by atoms with Crippen molar-refractivity contribution in [3.63, 3.8) is 0 Å². The monoisotopic (exact) mass is 475 g/mol. The molecule has 32 heavy (non-hydrogen) atoms. The van der Waals surface area contributed by atoms with E-state index in [2.05, 4.69) is 15.3 Å². The molecular formula is C22H22FN3O4S2. The van der Waals surface area contributed by atoms with Crippen molar-refractivity contribution in [1.29, 1.82) is 0 Å². The van der Waals surface area contributed by atoms with Gasteiger partial charge in [-0.2, -0.15) is 0 Å². The molecule has 0 aliphatic heterocycles. The number of fused-ring (bicyclic) bond motifs is 1. The lowest BCUT2D eigenvalue weighted by molar-refractivity contribution is -0.138. The lowest BCUT2D eigenvalue weighted by atomic mass is 10.0. The molecule has 3 aromatic rings. The van der Waals surface area contributed by atoms with Crippen molar-refractivity contribution in [3.05, 3.63) is 45.7 Å². The fourth-order valence-corrected chi connectivity index (χ4v) is 5.16. The molecule has 1 aliphatic rings. The van der Waals surface area contributed by atoms with E-state index in [9.17, 15) is 19.1 Å². The van der Waals surface area contributed by atoms with E-state index in [-0.39, 0.29) is 28.7 Å². The number of carbonyl (C=O) groups excluding carboxylic acids is 2. The van der Waals surface area contributed by atoms with Gasteiger partial charge >= 0.3 is 0 Å². The third kappa shape index (κ3) is 4.48. The smallest absolute Gasteiger partial charge is 0.257 e. The summed E-state index contributed by atoms with van der Waals surface area (Å²) in [6.07, 6.45) is 1.83. The largest absolute Gasteiger partial charge is 0.494 e. The molecule has 1 amide bonds. The van der Waals surface area contributed by atoms with E-state index >= 15 is 0 Å². The summed E-state index contributed by atoms with van der Waals surface area (Å²) in [5.41, 5.74) is -1.28. The normalized spacial score (nSPS) is 15.4. The lowest BCUT2D eigenvalue weighted by Gasteiger charge is -2.20. The predicted octanol–water partition coefficient (Wildman–Crippen LogP) is 3.61. The first-order chi connectivity index (χ1) is 15.2. The van der Waals surface area contributed by atoms with E-state index in [0.29, 0.717) is 26.1 Å². The maximum absolute atomic E-state index is 14.8. The van der Waals surface area contributed by atoms with Gasteiger partial charge in [-0.05, 0) is 51.0 Å². The third-order valence-electron chi connectivity index (χ3n) is 5.12. The van der Waals surface area contributed by atoms with Crippen LogP contribution in [0, 0.1) is 12.7 Å². The van der Waals surface area contributed by atoms with Crippen LogP contribution in [0.5, 0.6) is 5.75 Å². The summed E-state index contributed by atoms with van der Waals surface area (Å²) in [7, 11) is 1.38. The Labute approximate surface area is 192 Å². The average Bonchev–Trinajstić information content (AvgIpc) is 3.42. The van der Waals surface area contributed by atoms with Crippen molar-refractivity contribution in [2.45, 2.75) is 43.4 Å². The number of hydrogen-bond acceptors (Lipinski definition) is 8. The van der Waals surface area contributed by atoms with Gasteiger partial charge in [0.15, 0.2) is 23.0 Å². The van der Waals surface area contributed by atoms with Gasteiger partial charge in [0, 0.05) is 10.9 Å². The number of nitrogens with one attached hydrogen (secondary N) is 1. The van der Waals surface area contributed by atoms with Crippen LogP contribution < -0.4 is 10.1 Å². The molecule has 168 valence electrons. The Hall–Kier alpha value is -2.56. The lowest BCUT2D eigenvalue weighted by Crippen LogP contribution is -2.42. The fraction of sp³-hybridized carbons (Fsp3) is 0.364. The Bertz CT molecular complexity index is 1210. The number of Topliss-reactive ketones (excluding diaryl/α,β-unsaturated/α-hetero) is 1. The van der Waals surface area contributed by atoms with Crippen LogP contribution in [0.3, 0.4) is 0 Å². The van der Waals surface area contributed by atoms with Crippen molar-refractivity contribution in [2.75, 3.05) is 12.9 Å². The van der Waals surface area contributed by atoms with Crippen molar-refractivity contribution in [2.24, 2.45) is 0 Å². The molecule has 1 fully saturated rings. The van der Waals surface area contributed by atoms with Gasteiger partial charge in [0.05, 0.1) is 28.6 Å². The third-order valence-corrected chi connectivity index (χ3v) is 7.43. The van der Waals surface area contributed by atoms with Crippen LogP contribution >= 0.6 is 23.1 Å². The molecule has 2 heterocycles. The number of rotatable bonds is 8. The first-order valence-electron chi connectivity index (χ1n) is 10.0. The Morgan fingerprint density at radius 2 is 2.06 bits per heavy atom. The highest BCUT2D eigenvalue weighted by Gasteiger charge is 2.37. The van der Waals surface area contributed by atoms with Gasteiger partial charge in [0.25, 0.3) is 5.91 Å². The average molecular weight is 476 g/mol. The summed E-state index contributed by atoms with van der Waals surface area (Å²) in [4.78, 5) is 34.5. The predicted molar refractivity (Wildman–Crippen MR) is 121 cm³/mol. The Balaban J connectivity index is 1.52. The number of halogens is 1. The molecule has 4 rings (SSSR count). The zero-order valence-electron chi connectivity index (χ0n) is 17.8. The number of benzene rings is 1. The van der Waals surface area contributed by atoms with Gasteiger partial charge in [0.1, 0.15) is 10.9 Å². The molecule has 1 aliphatic carbocycles. The minimum atomic E-state index is -1.71. The molecule has 0 spiro atoms. The van der Waals surface area contributed by atoms with Crippen LogP contribution in [-0.2, 0) is 10.4 Å². The number of aryl methyl sites for hydroxylation is 1. The van der Waals surface area contributed by atoms with E-state index in [1.54, 1.807) is 25.1 Å². The summed E-state index contributed by atoms with van der Waals surface area (Å²) in [5.74, 6) is -0.699. The highest BCUT2D eigenvalue weighted by molar-refractivity contribution is 8.00. The number of ketones is 1. The van der Waals surface area contributed by atoms with Crippen LogP contribution in [0.1, 0.15) is 40.1 Å². The second-order valence-corrected chi connectivity index (χ2v) is 9.80. The summed E-state index contributed by atoms with van der Waals surface area (Å²) >= 11 is 2.18. The Morgan fingerprint density at radius 3 is 2.75 bits per heavy atom. The molecule has 10 heteroatoms. The highest BCUT2D eigenvalue weighted by atomic mass is 32.2. The van der Waals surface area contributed by atoms with E-state index in [1.807, 2.05) is 0 Å². The summed E-state index contributed by atoms with van der Waals surface area (Å²) < 4.78 is 19.9. The van der Waals surface area contributed by atoms with Gasteiger partial charge in [-0.3, -0.25) is 9.59 Å². The Kier molecular flexibility index (Phi) is 6.19. The molecule has 0 unspecified atom stereocenters. The first-order valence-corrected chi connectivity index (χ1v) is 11.8. The molecule has 0 radical (unpaired) electrons. The van der Waals surface area contributed by atoms with Crippen molar-refractivity contribution >= 4 is 45.7 Å². The van der Waals surface area contributed by atoms with Crippen LogP contribution in [-0.4, -0.2) is 45.7 Å². The van der Waals surface area contributed by atoms with E-state index in [1.165, 1.54) is 20.1 Å². The first kappa shape index (κ1) is 22.6. The van der Waals surface area contributed by atoms with Gasteiger partial charge in [0.2, 0.25) is 0 Å². The number of carbonyl (C=O) groups is 2. The molecule has 1 saturated carbocycles. The number of nitrogens with zero attached hydrogens (tertiary/aromatic N) is 2. The number of aromatic nitrogens is 2. The zero-order chi connectivity index (χ0) is 23.0. The number of methoxy groups -OCH3 is 1. The zero-order valence-corrected chi connectivity index (χ0v) is 19.4. The summed E-state index contributed by atoms with van der Waals surface area (Å²) in [6.45, 7) is 3.12. The molecule has 7 nitrogen and oxygen atoms in total. The SMILES string of the molecule is COc1ccc2nc(C)nc(SCC(=O)c3ccc([C@@](C)(O)C(=O)NC4CC4)s3)c2c1F. The summed E-state index contributed by atoms with van der Waals surface area (Å²) in [5, 5.41) is 14.0. The van der Waals surface area contributed by atoms with Gasteiger partial charge in [-0.25, -0.2) is 14.4 Å². The quantitative estimate of drug-likeness (QED) is 0.292. The second kappa shape index (κ2) is 8.76. The highest BCUT2D eigenvalue weighted by Crippen LogP contribution is 2.34. The fourth-order valence-electron chi connectivity index (χ4n) is 3.13. The van der Waals surface area contributed by atoms with Crippen molar-refractivity contribution < 1.29 is 23.8 Å². The minimum Gasteiger partial charge on any atom is -0.494 e. The number of amides is 1. The van der Waals surface area contributed by atoms with E-state index in [0.717, 1.165) is 35.9 Å². The van der Waals surface area contributed by atoms with E-state index < -0.39 is 17.3 Å². The standard InChI is InChI=1S/C22H22FN3O4S2/c1-11-24-13-6-7-15(30-3)19(23)18(13)20(25-11)31-10-14(27)16-8-9-17(32-16)22(2,29)21(28)26-12-4-5-12/h6-9,12,29H,4-5,10H2,1-3H3,(H,26,28)/t22-/m1/s1. The number of thioether (sulfide) groups is 1. The van der Waals surface area contributed by atoms with Gasteiger partial charge in [-0.1, -0.05) is 11.8 Å². The molecule has 0 saturated heterocycles. The second-order valence-electron chi connectivity index (χ2n) is 7.75. The van der Waals surface area contributed by atoms with E-state index in [4.69, 9.17) is 4.74 Å². The van der Waals surface area contributed by atoms with Gasteiger partial charge < -0.3 is 15.2 Å². The topological polar surface area (TPSA) is 101 Å². The summed E-state index contributed by atoms with van der Waals surface area (Å²) in [6, 6.07) is 6.45. The maximum Gasteiger partial charge on any atom is 0.257 e. The molecule has 1 aromatic carbocycles. The van der Waals surface area contributed by atoms with Crippen molar-refractivity contribution in [3.8, 4) is 5.75 Å². The van der Waals surface area contributed by atoms with Gasteiger partial charge in [-0.15, -0.1) is 11.3 Å². The van der Waals surface area contributed by atoms with Crippen LogP contribution in [0.2, 0.25) is 0 Å². The van der Waals surface area contributed by atoms with Crippen molar-refractivity contribution in [1.82, 2.24) is 15.3 Å².